The lowest BCUT2D eigenvalue weighted by atomic mass is 10.1. The van der Waals surface area contributed by atoms with E-state index >= 15 is 0 Å². The molecule has 0 aliphatic rings. The number of rotatable bonds is 9. The number of benzene rings is 1. The molecular formula is C22H21N3O8S. The first-order valence-corrected chi connectivity index (χ1v) is 10.7. The van der Waals surface area contributed by atoms with E-state index in [-0.39, 0.29) is 39.8 Å². The summed E-state index contributed by atoms with van der Waals surface area (Å²) in [6, 6.07) is 7.72. The molecule has 0 bridgehead atoms. The van der Waals surface area contributed by atoms with Crippen LogP contribution in [0.3, 0.4) is 0 Å². The Kier molecular flexibility index (Phi) is 7.76. The molecule has 1 aromatic carbocycles. The molecule has 11 nitrogen and oxygen atoms in total. The second-order valence-corrected chi connectivity index (χ2v) is 7.99. The number of aromatic nitrogens is 1. The number of carbonyl (C=O) groups excluding carboxylic acids is 4. The summed E-state index contributed by atoms with van der Waals surface area (Å²) in [5.41, 5.74) is 5.52. The van der Waals surface area contributed by atoms with Crippen LogP contribution in [0.15, 0.2) is 35.1 Å². The molecule has 0 unspecified atom stereocenters. The number of hydrogen-bond donors (Lipinski definition) is 3. The Morgan fingerprint density at radius 3 is 2.53 bits per heavy atom. The predicted molar refractivity (Wildman–Crippen MR) is 123 cm³/mol. The largest absolute Gasteiger partial charge is 0.460 e. The Labute approximate surface area is 196 Å². The van der Waals surface area contributed by atoms with Gasteiger partial charge in [-0.15, -0.1) is 11.3 Å². The van der Waals surface area contributed by atoms with Crippen LogP contribution in [0, 0.1) is 6.92 Å². The van der Waals surface area contributed by atoms with Crippen LogP contribution >= 0.6 is 11.3 Å². The van der Waals surface area contributed by atoms with E-state index in [1.54, 1.807) is 24.3 Å². The zero-order chi connectivity index (χ0) is 24.8. The molecule has 2 aromatic heterocycles. The topological polar surface area (TPSA) is 167 Å². The van der Waals surface area contributed by atoms with E-state index in [1.807, 2.05) is 0 Å². The number of hydrogen-bond acceptors (Lipinski definition) is 9. The summed E-state index contributed by atoms with van der Waals surface area (Å²) in [7, 11) is 1.44. The SMILES string of the molecule is COCCOC(=O)c1c(NC(=O)COC(=O)c2cc(=O)[nH]c3ccccc23)sc(C(N)=O)c1C. The Hall–Kier alpha value is -4.03. The number of thiophene rings is 1. The summed E-state index contributed by atoms with van der Waals surface area (Å²) in [5, 5.41) is 2.92. The molecule has 4 N–H and O–H groups in total. The van der Waals surface area contributed by atoms with Crippen molar-refractivity contribution in [2.24, 2.45) is 5.73 Å². The Morgan fingerprint density at radius 1 is 1.09 bits per heavy atom. The standard InChI is InChI=1S/C22H21N3O8S/c1-11-17(22(30)32-8-7-31-2)20(34-18(11)19(23)28)25-16(27)10-33-21(29)13-9-15(26)24-14-6-4-3-5-12(13)14/h3-6,9H,7-8,10H2,1-2H3,(H2,23,28)(H,24,26)(H,25,27). The van der Waals surface area contributed by atoms with Crippen LogP contribution in [-0.2, 0) is 19.0 Å². The number of para-hydroxylation sites is 1. The number of nitrogens with two attached hydrogens (primary N) is 1. The normalized spacial score (nSPS) is 10.6. The fourth-order valence-electron chi connectivity index (χ4n) is 3.12. The molecule has 34 heavy (non-hydrogen) atoms. The summed E-state index contributed by atoms with van der Waals surface area (Å²) in [6.45, 7) is 0.913. The van der Waals surface area contributed by atoms with Crippen molar-refractivity contribution in [2.45, 2.75) is 6.92 Å². The highest BCUT2D eigenvalue weighted by molar-refractivity contribution is 7.18. The molecule has 2 amide bonds. The van der Waals surface area contributed by atoms with Crippen LogP contribution < -0.4 is 16.6 Å². The minimum absolute atomic E-state index is 0.00228. The van der Waals surface area contributed by atoms with E-state index in [1.165, 1.54) is 14.0 Å². The molecule has 0 radical (unpaired) electrons. The van der Waals surface area contributed by atoms with Gasteiger partial charge in [-0.3, -0.25) is 14.4 Å². The number of H-pyrrole nitrogens is 1. The molecular weight excluding hydrogens is 466 g/mol. The first-order valence-electron chi connectivity index (χ1n) is 9.91. The van der Waals surface area contributed by atoms with Gasteiger partial charge >= 0.3 is 11.9 Å². The summed E-state index contributed by atoms with van der Waals surface area (Å²) in [6.07, 6.45) is 0. The Bertz CT molecular complexity index is 1330. The number of methoxy groups -OCH3 is 1. The lowest BCUT2D eigenvalue weighted by Gasteiger charge is -2.09. The van der Waals surface area contributed by atoms with Gasteiger partial charge in [0.1, 0.15) is 11.6 Å². The third-order valence-corrected chi connectivity index (χ3v) is 5.87. The van der Waals surface area contributed by atoms with Crippen LogP contribution in [0.25, 0.3) is 10.9 Å². The predicted octanol–water partition coefficient (Wildman–Crippen LogP) is 1.60. The molecule has 178 valence electrons. The maximum absolute atomic E-state index is 12.5. The number of carbonyl (C=O) groups is 4. The van der Waals surface area contributed by atoms with Gasteiger partial charge in [0, 0.05) is 24.1 Å². The number of pyridine rings is 1. The van der Waals surface area contributed by atoms with E-state index in [0.29, 0.717) is 10.9 Å². The number of esters is 2. The molecule has 0 saturated carbocycles. The summed E-state index contributed by atoms with van der Waals surface area (Å²) in [5.74, 6) is -3.20. The molecule has 3 aromatic rings. The zero-order valence-electron chi connectivity index (χ0n) is 18.3. The minimum atomic E-state index is -0.878. The lowest BCUT2D eigenvalue weighted by molar-refractivity contribution is -0.119. The molecule has 12 heteroatoms. The molecule has 0 saturated heterocycles. The van der Waals surface area contributed by atoms with E-state index in [0.717, 1.165) is 17.4 Å². The van der Waals surface area contributed by atoms with Crippen LogP contribution in [0.4, 0.5) is 5.00 Å². The van der Waals surface area contributed by atoms with Crippen molar-refractivity contribution < 1.29 is 33.4 Å². The second kappa shape index (κ2) is 10.7. The van der Waals surface area contributed by atoms with Gasteiger partial charge in [-0.1, -0.05) is 18.2 Å². The third-order valence-electron chi connectivity index (χ3n) is 4.65. The van der Waals surface area contributed by atoms with Crippen molar-refractivity contribution in [1.82, 2.24) is 4.98 Å². The van der Waals surface area contributed by atoms with Crippen molar-refractivity contribution in [1.29, 1.82) is 0 Å². The number of aromatic amines is 1. The van der Waals surface area contributed by atoms with Crippen molar-refractivity contribution >= 4 is 51.0 Å². The maximum Gasteiger partial charge on any atom is 0.341 e. The summed E-state index contributed by atoms with van der Waals surface area (Å²) in [4.78, 5) is 63.7. The van der Waals surface area contributed by atoms with Gasteiger partial charge in [0.05, 0.1) is 22.6 Å². The number of nitrogens with one attached hydrogen (secondary N) is 2. The molecule has 0 aliphatic carbocycles. The van der Waals surface area contributed by atoms with Gasteiger partial charge in [0.25, 0.3) is 11.8 Å². The van der Waals surface area contributed by atoms with Gasteiger partial charge in [-0.2, -0.15) is 0 Å². The monoisotopic (exact) mass is 487 g/mol. The molecule has 0 spiro atoms. The van der Waals surface area contributed by atoms with Gasteiger partial charge in [-0.25, -0.2) is 9.59 Å². The van der Waals surface area contributed by atoms with Gasteiger partial charge < -0.3 is 30.2 Å². The average molecular weight is 487 g/mol. The quantitative estimate of drug-likeness (QED) is 0.302. The maximum atomic E-state index is 12.5. The van der Waals surface area contributed by atoms with Crippen LogP contribution in [0.5, 0.6) is 0 Å². The zero-order valence-corrected chi connectivity index (χ0v) is 19.1. The number of fused-ring (bicyclic) bond motifs is 1. The van der Waals surface area contributed by atoms with Gasteiger partial charge in [-0.05, 0) is 18.6 Å². The van der Waals surface area contributed by atoms with Crippen LogP contribution in [0.2, 0.25) is 0 Å². The minimum Gasteiger partial charge on any atom is -0.460 e. The van der Waals surface area contributed by atoms with E-state index in [2.05, 4.69) is 10.3 Å². The van der Waals surface area contributed by atoms with Crippen LogP contribution in [-0.4, -0.2) is 55.7 Å². The first kappa shape index (κ1) is 24.6. The second-order valence-electron chi connectivity index (χ2n) is 6.97. The molecule has 0 aliphatic heterocycles. The van der Waals surface area contributed by atoms with Crippen molar-refractivity contribution in [3.05, 3.63) is 62.3 Å². The van der Waals surface area contributed by atoms with Crippen molar-refractivity contribution in [3.8, 4) is 0 Å². The Balaban J connectivity index is 1.75. The van der Waals surface area contributed by atoms with E-state index in [9.17, 15) is 24.0 Å². The molecule has 0 atom stereocenters. The fourth-order valence-corrected chi connectivity index (χ4v) is 4.18. The van der Waals surface area contributed by atoms with Crippen molar-refractivity contribution in [2.75, 3.05) is 32.2 Å². The highest BCUT2D eigenvalue weighted by Gasteiger charge is 2.26. The van der Waals surface area contributed by atoms with Gasteiger partial charge in [0.15, 0.2) is 6.61 Å². The van der Waals surface area contributed by atoms with Gasteiger partial charge in [0.2, 0.25) is 5.56 Å². The number of anilines is 1. The molecule has 0 fully saturated rings. The Morgan fingerprint density at radius 2 is 1.82 bits per heavy atom. The molecule has 3 rings (SSSR count). The fraction of sp³-hybridized carbons (Fsp3) is 0.227. The van der Waals surface area contributed by atoms with E-state index in [4.69, 9.17) is 19.9 Å². The first-order chi connectivity index (χ1) is 16.2. The van der Waals surface area contributed by atoms with E-state index < -0.39 is 35.9 Å². The summed E-state index contributed by atoms with van der Waals surface area (Å²) < 4.78 is 15.0. The van der Waals surface area contributed by atoms with Crippen molar-refractivity contribution in [3.63, 3.8) is 0 Å². The number of amides is 2. The van der Waals surface area contributed by atoms with Crippen LogP contribution in [0.1, 0.15) is 36.0 Å². The highest BCUT2D eigenvalue weighted by atomic mass is 32.1. The average Bonchev–Trinajstić information content (AvgIpc) is 3.12. The number of ether oxygens (including phenoxy) is 3. The highest BCUT2D eigenvalue weighted by Crippen LogP contribution is 2.33. The molecule has 2 heterocycles. The summed E-state index contributed by atoms with van der Waals surface area (Å²) >= 11 is 0.800. The smallest absolute Gasteiger partial charge is 0.341 e. The lowest BCUT2D eigenvalue weighted by Crippen LogP contribution is -2.22. The third kappa shape index (κ3) is 5.47. The number of primary amides is 1.